The minimum absolute atomic E-state index is 0.00138. The molecule has 1 saturated carbocycles. The lowest BCUT2D eigenvalue weighted by atomic mass is 9.96. The molecule has 0 spiro atoms. The van der Waals surface area contributed by atoms with E-state index in [9.17, 15) is 19.5 Å². The minimum atomic E-state index is -0.542. The second kappa shape index (κ2) is 12.8. The van der Waals surface area contributed by atoms with Crippen LogP contribution in [0.25, 0.3) is 0 Å². The van der Waals surface area contributed by atoms with E-state index in [-0.39, 0.29) is 29.8 Å². The maximum absolute atomic E-state index is 13.5. The van der Waals surface area contributed by atoms with Crippen LogP contribution in [-0.4, -0.2) is 56.6 Å². The van der Waals surface area contributed by atoms with Crippen LogP contribution in [0.3, 0.4) is 0 Å². The SMILES string of the molecule is O=C(NC1CCCCCCC1)c1cn(CCc2ccccn2)cc(C(=O)N2CCCC[C@H]2CO)c1=O. The van der Waals surface area contributed by atoms with Gasteiger partial charge in [0.2, 0.25) is 5.43 Å². The number of aromatic nitrogens is 2. The minimum Gasteiger partial charge on any atom is -0.394 e. The van der Waals surface area contributed by atoms with Gasteiger partial charge in [-0.1, -0.05) is 38.2 Å². The zero-order valence-electron chi connectivity index (χ0n) is 21.0. The summed E-state index contributed by atoms with van der Waals surface area (Å²) < 4.78 is 1.76. The second-order valence-corrected chi connectivity index (χ2v) is 10.1. The number of likely N-dealkylation sites (tertiary alicyclic amines) is 1. The molecule has 2 fully saturated rings. The van der Waals surface area contributed by atoms with Crippen molar-refractivity contribution >= 4 is 11.8 Å². The van der Waals surface area contributed by atoms with Gasteiger partial charge in [-0.05, 0) is 44.2 Å². The molecular formula is C28H38N4O4. The Hall–Kier alpha value is -3.00. The monoisotopic (exact) mass is 494 g/mol. The van der Waals surface area contributed by atoms with Gasteiger partial charge in [0.15, 0.2) is 0 Å². The number of carbonyl (C=O) groups is 2. The first-order valence-corrected chi connectivity index (χ1v) is 13.4. The van der Waals surface area contributed by atoms with E-state index >= 15 is 0 Å². The highest BCUT2D eigenvalue weighted by Gasteiger charge is 2.30. The van der Waals surface area contributed by atoms with E-state index in [1.807, 2.05) is 18.2 Å². The van der Waals surface area contributed by atoms with E-state index in [1.165, 1.54) is 19.3 Å². The van der Waals surface area contributed by atoms with Crippen molar-refractivity contribution in [2.75, 3.05) is 13.2 Å². The third kappa shape index (κ3) is 6.60. The Balaban J connectivity index is 1.62. The van der Waals surface area contributed by atoms with Gasteiger partial charge in [0, 0.05) is 49.8 Å². The van der Waals surface area contributed by atoms with Crippen molar-refractivity contribution in [2.45, 2.75) is 89.3 Å². The molecule has 2 N–H and O–H groups in total. The molecule has 2 amide bonds. The van der Waals surface area contributed by atoms with Crippen molar-refractivity contribution in [1.29, 1.82) is 0 Å². The first-order valence-electron chi connectivity index (χ1n) is 13.4. The predicted molar refractivity (Wildman–Crippen MR) is 138 cm³/mol. The zero-order valence-corrected chi connectivity index (χ0v) is 21.0. The van der Waals surface area contributed by atoms with Crippen molar-refractivity contribution in [3.05, 3.63) is 63.8 Å². The molecule has 2 aromatic rings. The smallest absolute Gasteiger partial charge is 0.259 e. The third-order valence-electron chi connectivity index (χ3n) is 7.45. The second-order valence-electron chi connectivity index (χ2n) is 10.1. The van der Waals surface area contributed by atoms with Crippen LogP contribution in [0.1, 0.15) is 90.6 Å². The largest absolute Gasteiger partial charge is 0.394 e. The predicted octanol–water partition coefficient (Wildman–Crippen LogP) is 3.32. The lowest BCUT2D eigenvalue weighted by molar-refractivity contribution is 0.0501. The quantitative estimate of drug-likeness (QED) is 0.615. The van der Waals surface area contributed by atoms with E-state index < -0.39 is 17.2 Å². The Bertz CT molecular complexity index is 1080. The molecule has 2 aromatic heterocycles. The normalized spacial score (nSPS) is 19.4. The Kier molecular flexibility index (Phi) is 9.28. The van der Waals surface area contributed by atoms with Crippen molar-refractivity contribution in [3.8, 4) is 0 Å². The lowest BCUT2D eigenvalue weighted by Crippen LogP contribution is -2.47. The van der Waals surface area contributed by atoms with Gasteiger partial charge in [-0.15, -0.1) is 0 Å². The zero-order chi connectivity index (χ0) is 25.3. The number of hydrogen-bond donors (Lipinski definition) is 2. The van der Waals surface area contributed by atoms with Gasteiger partial charge in [0.05, 0.1) is 12.6 Å². The fourth-order valence-corrected chi connectivity index (χ4v) is 5.34. The van der Waals surface area contributed by atoms with E-state index in [4.69, 9.17) is 0 Å². The summed E-state index contributed by atoms with van der Waals surface area (Å²) in [6.45, 7) is 0.835. The molecule has 194 valence electrons. The summed E-state index contributed by atoms with van der Waals surface area (Å²) in [5, 5.41) is 12.9. The number of nitrogens with zero attached hydrogens (tertiary/aromatic N) is 3. The number of piperidine rings is 1. The molecule has 1 saturated heterocycles. The van der Waals surface area contributed by atoms with Gasteiger partial charge < -0.3 is 19.9 Å². The summed E-state index contributed by atoms with van der Waals surface area (Å²) in [6, 6.07) is 5.44. The molecule has 0 radical (unpaired) electrons. The topological polar surface area (TPSA) is 105 Å². The average molecular weight is 495 g/mol. The highest BCUT2D eigenvalue weighted by Crippen LogP contribution is 2.20. The molecule has 8 heteroatoms. The Morgan fingerprint density at radius 2 is 1.69 bits per heavy atom. The molecule has 0 aromatic carbocycles. The van der Waals surface area contributed by atoms with Crippen LogP contribution in [0.4, 0.5) is 0 Å². The maximum atomic E-state index is 13.5. The number of aryl methyl sites for hydroxylation is 2. The van der Waals surface area contributed by atoms with Crippen molar-refractivity contribution in [2.24, 2.45) is 0 Å². The van der Waals surface area contributed by atoms with Crippen LogP contribution >= 0.6 is 0 Å². The van der Waals surface area contributed by atoms with Crippen LogP contribution in [0.15, 0.2) is 41.6 Å². The molecule has 0 bridgehead atoms. The van der Waals surface area contributed by atoms with Gasteiger partial charge in [0.25, 0.3) is 11.8 Å². The molecule has 1 atom stereocenters. The highest BCUT2D eigenvalue weighted by atomic mass is 16.3. The van der Waals surface area contributed by atoms with Crippen molar-refractivity contribution in [3.63, 3.8) is 0 Å². The third-order valence-corrected chi connectivity index (χ3v) is 7.45. The van der Waals surface area contributed by atoms with E-state index in [0.29, 0.717) is 25.9 Å². The highest BCUT2D eigenvalue weighted by molar-refractivity contribution is 5.99. The first-order chi connectivity index (χ1) is 17.6. The van der Waals surface area contributed by atoms with E-state index in [2.05, 4.69) is 10.3 Å². The molecule has 1 aliphatic carbocycles. The van der Waals surface area contributed by atoms with Crippen LogP contribution in [-0.2, 0) is 13.0 Å². The number of pyridine rings is 2. The fraction of sp³-hybridized carbons (Fsp3) is 0.571. The fourth-order valence-electron chi connectivity index (χ4n) is 5.34. The van der Waals surface area contributed by atoms with Crippen LogP contribution in [0, 0.1) is 0 Å². The van der Waals surface area contributed by atoms with Gasteiger partial charge >= 0.3 is 0 Å². The van der Waals surface area contributed by atoms with Crippen LogP contribution < -0.4 is 10.7 Å². The number of nitrogens with one attached hydrogen (secondary N) is 1. The molecule has 3 heterocycles. The molecule has 0 unspecified atom stereocenters. The first kappa shape index (κ1) is 26.1. The number of carbonyl (C=O) groups excluding carboxylic acids is 2. The van der Waals surface area contributed by atoms with E-state index in [1.54, 1.807) is 28.1 Å². The van der Waals surface area contributed by atoms with Crippen LogP contribution in [0.5, 0.6) is 0 Å². The molecular weight excluding hydrogens is 456 g/mol. The van der Waals surface area contributed by atoms with Crippen molar-refractivity contribution < 1.29 is 14.7 Å². The number of hydrogen-bond acceptors (Lipinski definition) is 5. The van der Waals surface area contributed by atoms with Gasteiger partial charge in [-0.3, -0.25) is 19.4 Å². The number of aliphatic hydroxyl groups excluding tert-OH is 1. The average Bonchev–Trinajstić information content (AvgIpc) is 2.89. The van der Waals surface area contributed by atoms with Gasteiger partial charge in [-0.2, -0.15) is 0 Å². The number of aliphatic hydroxyl groups is 1. The summed E-state index contributed by atoms with van der Waals surface area (Å²) in [5.74, 6) is -0.824. The summed E-state index contributed by atoms with van der Waals surface area (Å²) >= 11 is 0. The maximum Gasteiger partial charge on any atom is 0.259 e. The number of amides is 2. The van der Waals surface area contributed by atoms with Gasteiger partial charge in [-0.25, -0.2) is 0 Å². The molecule has 1 aliphatic heterocycles. The van der Waals surface area contributed by atoms with Crippen LogP contribution in [0.2, 0.25) is 0 Å². The Morgan fingerprint density at radius 1 is 0.972 bits per heavy atom. The lowest BCUT2D eigenvalue weighted by Gasteiger charge is -2.34. The molecule has 36 heavy (non-hydrogen) atoms. The van der Waals surface area contributed by atoms with E-state index in [0.717, 1.165) is 44.2 Å². The molecule has 4 rings (SSSR count). The molecule has 2 aliphatic rings. The summed E-state index contributed by atoms with van der Waals surface area (Å²) in [4.78, 5) is 46.3. The summed E-state index contributed by atoms with van der Waals surface area (Å²) in [6.07, 6.45) is 15.4. The summed E-state index contributed by atoms with van der Waals surface area (Å²) in [5.41, 5.74) is 0.337. The van der Waals surface area contributed by atoms with Crippen molar-refractivity contribution in [1.82, 2.24) is 19.8 Å². The molecule has 8 nitrogen and oxygen atoms in total. The Labute approximate surface area is 212 Å². The van der Waals surface area contributed by atoms with Gasteiger partial charge in [0.1, 0.15) is 11.1 Å². The standard InChI is InChI=1S/C28H38N4O4/c33-20-23-13-7-9-16-32(23)28(36)25-19-31(17-14-21-10-6-8-15-29-21)18-24(26(25)34)27(35)30-22-11-4-2-1-3-5-12-22/h6,8,10,15,18-19,22-23,33H,1-5,7,9,11-14,16-17,20H2,(H,30,35)/t23-/m0/s1. The number of rotatable bonds is 7. The summed E-state index contributed by atoms with van der Waals surface area (Å²) in [7, 11) is 0. The Morgan fingerprint density at radius 3 is 2.42 bits per heavy atom.